The van der Waals surface area contributed by atoms with Crippen molar-refractivity contribution < 1.29 is 4.79 Å². The van der Waals surface area contributed by atoms with Crippen LogP contribution in [0.5, 0.6) is 0 Å². The maximum absolute atomic E-state index is 11.2. The average molecular weight is 317 g/mol. The van der Waals surface area contributed by atoms with Crippen LogP contribution in [0.1, 0.15) is 13.8 Å². The van der Waals surface area contributed by atoms with Gasteiger partial charge in [-0.1, -0.05) is 0 Å². The molecule has 1 heterocycles. The molecule has 1 aromatic carbocycles. The van der Waals surface area contributed by atoms with Gasteiger partial charge in [-0.25, -0.2) is 0 Å². The van der Waals surface area contributed by atoms with Crippen LogP contribution in [0.25, 0.3) is 11.4 Å². The van der Waals surface area contributed by atoms with Crippen LogP contribution in [0.4, 0.5) is 0 Å². The topological polar surface area (TPSA) is 54.9 Å². The molecule has 0 bridgehead atoms. The summed E-state index contributed by atoms with van der Waals surface area (Å²) >= 11 is -1.60. The van der Waals surface area contributed by atoms with Crippen LogP contribution in [-0.4, -0.2) is 30.8 Å². The minimum atomic E-state index is -1.60. The van der Waals surface area contributed by atoms with Gasteiger partial charge >= 0.3 is 117 Å². The first-order valence-electron chi connectivity index (χ1n) is 6.14. The molecule has 1 N–H and O–H groups in total. The molecule has 0 radical (unpaired) electrons. The fourth-order valence-electron chi connectivity index (χ4n) is 1.71. The number of hydrogen-bond acceptors (Lipinski definition) is 3. The minimum absolute atomic E-state index is 0.0155. The Kier molecular flexibility index (Phi) is 4.69. The van der Waals surface area contributed by atoms with Crippen molar-refractivity contribution in [3.8, 4) is 11.4 Å². The predicted octanol–water partition coefficient (Wildman–Crippen LogP) is 1.50. The first-order valence-corrected chi connectivity index (χ1v) is 9.34. The molecule has 2 rings (SSSR count). The van der Waals surface area contributed by atoms with Crippen molar-refractivity contribution in [1.29, 1.82) is 0 Å². The molecule has 1 amide bonds. The summed E-state index contributed by atoms with van der Waals surface area (Å²) in [6.07, 6.45) is 1.77. The van der Waals surface area contributed by atoms with E-state index in [0.717, 1.165) is 21.1 Å². The van der Waals surface area contributed by atoms with Crippen molar-refractivity contribution in [2.45, 2.75) is 19.1 Å². The molecular weight excluding hydrogens is 301 g/mol. The average Bonchev–Trinajstić information content (AvgIpc) is 2.45. The fourth-order valence-corrected chi connectivity index (χ4v) is 4.73. The van der Waals surface area contributed by atoms with Crippen LogP contribution in [0.2, 0.25) is 5.21 Å². The number of carbonyl (C=O) groups is 1. The second-order valence-corrected chi connectivity index (χ2v) is 8.57. The summed E-state index contributed by atoms with van der Waals surface area (Å²) in [5.41, 5.74) is 0.997. The molecule has 19 heavy (non-hydrogen) atoms. The number of nitrogens with zero attached hydrogens (tertiary/aromatic N) is 2. The van der Waals surface area contributed by atoms with Gasteiger partial charge in [0.15, 0.2) is 0 Å². The normalized spacial score (nSPS) is 11.9. The molecule has 0 saturated heterocycles. The standard InChI is InChI=1S/C14H16AsN3O/c1-3-15(18-11(2)19)13-9-10-16-14(17-13)12-7-5-4-6-8-12/h4-10H,3H2,1-2H3,(H,18,19). The zero-order valence-corrected chi connectivity index (χ0v) is 12.9. The molecule has 0 spiro atoms. The second kappa shape index (κ2) is 6.48. The third-order valence-corrected chi connectivity index (χ3v) is 6.79. The van der Waals surface area contributed by atoms with E-state index >= 15 is 0 Å². The molecule has 0 aliphatic rings. The third-order valence-electron chi connectivity index (χ3n) is 2.56. The first-order chi connectivity index (χ1) is 9.20. The summed E-state index contributed by atoms with van der Waals surface area (Å²) in [5.74, 6) is 0.734. The number of carbonyl (C=O) groups excluding carboxylic acids is 1. The molecule has 5 heteroatoms. The summed E-state index contributed by atoms with van der Waals surface area (Å²) < 4.78 is 4.03. The van der Waals surface area contributed by atoms with Crippen molar-refractivity contribution in [2.24, 2.45) is 0 Å². The van der Waals surface area contributed by atoms with E-state index in [1.165, 1.54) is 0 Å². The quantitative estimate of drug-likeness (QED) is 0.870. The Hall–Kier alpha value is -1.67. The molecule has 2 aromatic rings. The summed E-state index contributed by atoms with van der Waals surface area (Å²) in [5, 5.41) is 0.942. The van der Waals surface area contributed by atoms with Gasteiger partial charge in [0.25, 0.3) is 0 Å². The van der Waals surface area contributed by atoms with E-state index < -0.39 is 14.9 Å². The molecule has 0 fully saturated rings. The number of aromatic nitrogens is 2. The number of benzene rings is 1. The Morgan fingerprint density at radius 2 is 2.00 bits per heavy atom. The van der Waals surface area contributed by atoms with Gasteiger partial charge in [-0.15, -0.1) is 0 Å². The van der Waals surface area contributed by atoms with Gasteiger partial charge in [-0.3, -0.25) is 0 Å². The van der Waals surface area contributed by atoms with Gasteiger partial charge in [0, 0.05) is 0 Å². The van der Waals surface area contributed by atoms with E-state index in [0.29, 0.717) is 0 Å². The van der Waals surface area contributed by atoms with Crippen molar-refractivity contribution >= 4 is 25.3 Å². The Labute approximate surface area is 117 Å². The molecular formula is C14H16AsN3O. The summed E-state index contributed by atoms with van der Waals surface area (Å²) in [4.78, 5) is 20.1. The zero-order chi connectivity index (χ0) is 13.7. The van der Waals surface area contributed by atoms with Crippen molar-refractivity contribution in [2.75, 3.05) is 0 Å². The van der Waals surface area contributed by atoms with Crippen LogP contribution in [0.3, 0.4) is 0 Å². The van der Waals surface area contributed by atoms with Crippen LogP contribution in [-0.2, 0) is 4.79 Å². The fraction of sp³-hybridized carbons (Fsp3) is 0.214. The zero-order valence-electron chi connectivity index (χ0n) is 11.0. The molecule has 4 nitrogen and oxygen atoms in total. The maximum atomic E-state index is 11.2. The van der Waals surface area contributed by atoms with Crippen LogP contribution >= 0.6 is 0 Å². The second-order valence-electron chi connectivity index (χ2n) is 4.02. The predicted molar refractivity (Wildman–Crippen MR) is 77.2 cm³/mol. The molecule has 0 aliphatic heterocycles. The van der Waals surface area contributed by atoms with Crippen molar-refractivity contribution in [3.63, 3.8) is 0 Å². The SMILES string of the molecule is CC[As](NC(C)=O)c1ccnc(-c2ccccc2)n1. The van der Waals surface area contributed by atoms with Gasteiger partial charge in [-0.05, 0) is 0 Å². The summed E-state index contributed by atoms with van der Waals surface area (Å²) in [7, 11) is 0. The monoisotopic (exact) mass is 317 g/mol. The molecule has 0 aliphatic carbocycles. The third kappa shape index (κ3) is 3.64. The summed E-state index contributed by atoms with van der Waals surface area (Å²) in [6.45, 7) is 3.64. The number of hydrogen-bond donors (Lipinski definition) is 1. The number of amides is 1. The Bertz CT molecular complexity index is 560. The molecule has 1 aromatic heterocycles. The van der Waals surface area contributed by atoms with Crippen LogP contribution < -0.4 is 8.72 Å². The van der Waals surface area contributed by atoms with E-state index in [-0.39, 0.29) is 5.91 Å². The first kappa shape index (κ1) is 13.8. The van der Waals surface area contributed by atoms with E-state index in [1.807, 2.05) is 36.4 Å². The molecule has 1 atom stereocenters. The van der Waals surface area contributed by atoms with Crippen molar-refractivity contribution in [3.05, 3.63) is 42.6 Å². The van der Waals surface area contributed by atoms with E-state index in [4.69, 9.17) is 0 Å². The Morgan fingerprint density at radius 3 is 2.63 bits per heavy atom. The van der Waals surface area contributed by atoms with Crippen LogP contribution in [0.15, 0.2) is 42.6 Å². The molecule has 0 saturated carbocycles. The van der Waals surface area contributed by atoms with Crippen LogP contribution in [0, 0.1) is 0 Å². The van der Waals surface area contributed by atoms with Gasteiger partial charge in [0.1, 0.15) is 0 Å². The molecule has 1 unspecified atom stereocenters. The molecule has 98 valence electrons. The van der Waals surface area contributed by atoms with Gasteiger partial charge in [-0.2, -0.15) is 0 Å². The van der Waals surface area contributed by atoms with E-state index in [2.05, 4.69) is 21.1 Å². The van der Waals surface area contributed by atoms with E-state index in [9.17, 15) is 4.79 Å². The van der Waals surface area contributed by atoms with Gasteiger partial charge in [0.05, 0.1) is 0 Å². The summed E-state index contributed by atoms with van der Waals surface area (Å²) in [6, 6.07) is 11.8. The van der Waals surface area contributed by atoms with Crippen molar-refractivity contribution in [1.82, 2.24) is 14.2 Å². The van der Waals surface area contributed by atoms with Gasteiger partial charge in [0.2, 0.25) is 0 Å². The Balaban J connectivity index is 2.31. The van der Waals surface area contributed by atoms with E-state index in [1.54, 1.807) is 13.1 Å². The number of nitrogens with one attached hydrogen (secondary N) is 1. The number of rotatable bonds is 4. The Morgan fingerprint density at radius 1 is 1.26 bits per heavy atom. The van der Waals surface area contributed by atoms with Gasteiger partial charge < -0.3 is 0 Å².